The van der Waals surface area contributed by atoms with Crippen molar-refractivity contribution in [2.45, 2.75) is 76.0 Å². The van der Waals surface area contributed by atoms with Crippen molar-refractivity contribution >= 4 is 11.8 Å². The van der Waals surface area contributed by atoms with E-state index < -0.39 is 0 Å². The quantitative estimate of drug-likeness (QED) is 0.121. The molecular formula is C48H52N8O2. The minimum Gasteiger partial charge on any atom is -0.340 e. The number of imidazole rings is 2. The molecule has 0 spiro atoms. The van der Waals surface area contributed by atoms with E-state index in [0.717, 1.165) is 127 Å². The summed E-state index contributed by atoms with van der Waals surface area (Å²) < 4.78 is 0. The Morgan fingerprint density at radius 1 is 0.603 bits per heavy atom. The maximum Gasteiger partial charge on any atom is 0.245 e. The Morgan fingerprint density at radius 3 is 1.71 bits per heavy atom. The van der Waals surface area contributed by atoms with Crippen LogP contribution in [-0.4, -0.2) is 72.6 Å². The largest absolute Gasteiger partial charge is 0.340 e. The van der Waals surface area contributed by atoms with Gasteiger partial charge in [0.2, 0.25) is 11.8 Å². The number of nitrogens with one attached hydrogen (secondary N) is 2. The van der Waals surface area contributed by atoms with Gasteiger partial charge in [0, 0.05) is 19.6 Å². The summed E-state index contributed by atoms with van der Waals surface area (Å²) in [5.41, 5.74) is 15.2. The molecule has 0 radical (unpaired) electrons. The summed E-state index contributed by atoms with van der Waals surface area (Å²) in [6, 6.07) is 34.9. The molecule has 296 valence electrons. The third-order valence-corrected chi connectivity index (χ3v) is 12.4. The van der Waals surface area contributed by atoms with Crippen LogP contribution in [0.3, 0.4) is 0 Å². The highest BCUT2D eigenvalue weighted by Gasteiger charge is 2.39. The Balaban J connectivity index is 0.853. The predicted octanol–water partition coefficient (Wildman–Crippen LogP) is 8.39. The van der Waals surface area contributed by atoms with Crippen LogP contribution in [0.1, 0.15) is 91.4 Å². The Bertz CT molecular complexity index is 2330. The lowest BCUT2D eigenvalue weighted by molar-refractivity contribution is -0.139. The molecule has 0 aliphatic carbocycles. The molecule has 2 amide bonds. The van der Waals surface area contributed by atoms with Crippen LogP contribution < -0.4 is 5.73 Å². The third-order valence-electron chi connectivity index (χ3n) is 12.4. The zero-order valence-electron chi connectivity index (χ0n) is 33.0. The number of piperidine rings is 1. The number of carbonyl (C=O) groups is 2. The molecule has 0 bridgehead atoms. The van der Waals surface area contributed by atoms with Gasteiger partial charge in [-0.25, -0.2) is 9.97 Å². The van der Waals surface area contributed by atoms with Gasteiger partial charge in [-0.3, -0.25) is 14.5 Å². The van der Waals surface area contributed by atoms with Crippen molar-refractivity contribution in [1.29, 1.82) is 0 Å². The van der Waals surface area contributed by atoms with Gasteiger partial charge in [-0.15, -0.1) is 0 Å². The van der Waals surface area contributed by atoms with E-state index in [1.807, 2.05) is 59.8 Å². The first-order valence-electron chi connectivity index (χ1n) is 21.0. The van der Waals surface area contributed by atoms with Crippen molar-refractivity contribution in [2.75, 3.05) is 26.2 Å². The fourth-order valence-electron chi connectivity index (χ4n) is 9.33. The summed E-state index contributed by atoms with van der Waals surface area (Å²) in [5.74, 6) is 1.98. The topological polar surface area (TPSA) is 127 Å². The van der Waals surface area contributed by atoms with Gasteiger partial charge in [0.25, 0.3) is 0 Å². The van der Waals surface area contributed by atoms with Crippen LogP contribution in [-0.2, 0) is 22.6 Å². The van der Waals surface area contributed by atoms with Gasteiger partial charge in [-0.2, -0.15) is 0 Å². The van der Waals surface area contributed by atoms with Crippen molar-refractivity contribution in [3.63, 3.8) is 0 Å². The molecule has 3 saturated heterocycles. The molecule has 4 aromatic carbocycles. The second-order valence-electron chi connectivity index (χ2n) is 16.0. The van der Waals surface area contributed by atoms with E-state index >= 15 is 0 Å². The summed E-state index contributed by atoms with van der Waals surface area (Å²) in [7, 11) is 0. The number of hydrogen-bond donors (Lipinski definition) is 3. The highest BCUT2D eigenvalue weighted by Crippen LogP contribution is 2.37. The van der Waals surface area contributed by atoms with E-state index in [4.69, 9.17) is 15.7 Å². The number of hydrogen-bond acceptors (Lipinski definition) is 6. The number of nitrogens with two attached hydrogens (primary N) is 1. The zero-order chi connectivity index (χ0) is 39.4. The lowest BCUT2D eigenvalue weighted by atomic mass is 10.00. The number of amides is 2. The number of carbonyl (C=O) groups excluding carboxylic acids is 2. The van der Waals surface area contributed by atoms with Crippen molar-refractivity contribution in [3.05, 3.63) is 144 Å². The first-order chi connectivity index (χ1) is 28.5. The number of nitrogens with zero attached hydrogens (tertiary/aromatic N) is 5. The second kappa shape index (κ2) is 16.9. The smallest absolute Gasteiger partial charge is 0.245 e. The minimum atomic E-state index is -0.258. The van der Waals surface area contributed by atoms with Crippen molar-refractivity contribution in [2.24, 2.45) is 5.73 Å². The van der Waals surface area contributed by atoms with Crippen LogP contribution in [0.25, 0.3) is 33.6 Å². The number of likely N-dealkylation sites (tertiary alicyclic amines) is 3. The standard InChI is InChI=1S/C48H52N8O2/c49-30-39-14-6-5-13-38(39)29-44(57)55-27-9-15-42(55)46-50-31-40(52-46)35-21-17-33(18-22-35)34-19-23-36(24-20-34)41-32-51-47(53-41)43-16-10-28-56(43)48(58)45(37-11-3-1-4-12-37)54-25-7-2-8-26-54/h1,3-6,11-14,17-24,31-32,42-43,45H,2,7-10,15-16,25-30,49H2,(H,50,52)(H,51,53)/t42-,43-,45+/m0/s1. The Morgan fingerprint density at radius 2 is 1.12 bits per heavy atom. The highest BCUT2D eigenvalue weighted by atomic mass is 16.2. The van der Waals surface area contributed by atoms with Crippen LogP contribution in [0.5, 0.6) is 0 Å². The van der Waals surface area contributed by atoms with Crippen LogP contribution in [0.4, 0.5) is 0 Å². The monoisotopic (exact) mass is 772 g/mol. The molecule has 3 aliphatic rings. The summed E-state index contributed by atoms with van der Waals surface area (Å²) in [6.45, 7) is 3.81. The van der Waals surface area contributed by atoms with Crippen LogP contribution in [0.15, 0.2) is 116 Å². The molecule has 2 aromatic heterocycles. The van der Waals surface area contributed by atoms with Gasteiger partial charge in [0.05, 0.1) is 42.3 Å². The van der Waals surface area contributed by atoms with Crippen molar-refractivity contribution < 1.29 is 9.59 Å². The normalized spacial score (nSPS) is 19.1. The minimum absolute atomic E-state index is 0.0638. The average Bonchev–Trinajstić information content (AvgIpc) is 4.12. The molecule has 9 rings (SSSR count). The van der Waals surface area contributed by atoms with Crippen molar-refractivity contribution in [3.8, 4) is 33.6 Å². The lowest BCUT2D eigenvalue weighted by Crippen LogP contribution is -2.44. The maximum atomic E-state index is 14.4. The van der Waals surface area contributed by atoms with E-state index in [0.29, 0.717) is 13.0 Å². The number of rotatable bonds is 11. The SMILES string of the molecule is NCc1ccccc1CC(=O)N1CCC[C@H]1c1ncc(-c2ccc(-c3ccc(-c4cnc([C@@H]5CCCN5C(=O)[C@@H](c5ccccc5)N5CCCCC5)[nH]4)cc3)cc2)[nH]1. The molecular weight excluding hydrogens is 721 g/mol. The molecule has 0 saturated carbocycles. The molecule has 5 heterocycles. The van der Waals surface area contributed by atoms with Crippen molar-refractivity contribution in [1.82, 2.24) is 34.6 Å². The fraction of sp³-hybridized carbons (Fsp3) is 0.333. The molecule has 3 atom stereocenters. The summed E-state index contributed by atoms with van der Waals surface area (Å²) in [5, 5.41) is 0. The van der Waals surface area contributed by atoms with Gasteiger partial charge in [0.1, 0.15) is 17.7 Å². The van der Waals surface area contributed by atoms with E-state index in [9.17, 15) is 9.59 Å². The van der Waals surface area contributed by atoms with Gasteiger partial charge in [-0.1, -0.05) is 110 Å². The van der Waals surface area contributed by atoms with Gasteiger partial charge in [-0.05, 0) is 90.6 Å². The number of aromatic amines is 2. The number of H-pyrrole nitrogens is 2. The highest BCUT2D eigenvalue weighted by molar-refractivity contribution is 5.84. The molecule has 58 heavy (non-hydrogen) atoms. The van der Waals surface area contributed by atoms with Gasteiger partial charge < -0.3 is 25.5 Å². The summed E-state index contributed by atoms with van der Waals surface area (Å²) in [6.07, 6.45) is 11.3. The number of benzene rings is 4. The predicted molar refractivity (Wildman–Crippen MR) is 227 cm³/mol. The first kappa shape index (κ1) is 37.7. The summed E-state index contributed by atoms with van der Waals surface area (Å²) in [4.78, 5) is 50.9. The second-order valence-corrected chi connectivity index (χ2v) is 16.0. The molecule has 10 heteroatoms. The molecule has 10 nitrogen and oxygen atoms in total. The zero-order valence-corrected chi connectivity index (χ0v) is 33.0. The molecule has 6 aromatic rings. The van der Waals surface area contributed by atoms with E-state index in [2.05, 4.69) is 80.4 Å². The van der Waals surface area contributed by atoms with E-state index in [1.165, 1.54) is 6.42 Å². The fourth-order valence-corrected chi connectivity index (χ4v) is 9.33. The van der Waals surface area contributed by atoms with Crippen LogP contribution >= 0.6 is 0 Å². The van der Waals surface area contributed by atoms with E-state index in [1.54, 1.807) is 0 Å². The molecule has 0 unspecified atom stereocenters. The Hall–Kier alpha value is -5.84. The summed E-state index contributed by atoms with van der Waals surface area (Å²) >= 11 is 0. The average molecular weight is 773 g/mol. The first-order valence-corrected chi connectivity index (χ1v) is 21.0. The number of aromatic nitrogens is 4. The lowest BCUT2D eigenvalue weighted by Gasteiger charge is -2.37. The van der Waals surface area contributed by atoms with Gasteiger partial charge >= 0.3 is 0 Å². The third kappa shape index (κ3) is 7.74. The van der Waals surface area contributed by atoms with Gasteiger partial charge in [0.15, 0.2) is 0 Å². The Labute approximate surface area is 340 Å². The molecule has 3 fully saturated rings. The Kier molecular flexibility index (Phi) is 11.0. The molecule has 3 aliphatic heterocycles. The maximum absolute atomic E-state index is 14.4. The molecule has 4 N–H and O–H groups in total. The van der Waals surface area contributed by atoms with E-state index in [-0.39, 0.29) is 29.9 Å². The van der Waals surface area contributed by atoms with Crippen LogP contribution in [0, 0.1) is 0 Å². The van der Waals surface area contributed by atoms with Crippen LogP contribution in [0.2, 0.25) is 0 Å².